The predicted octanol–water partition coefficient (Wildman–Crippen LogP) is 3.91. The highest BCUT2D eigenvalue weighted by Gasteiger charge is 2.36. The van der Waals surface area contributed by atoms with E-state index in [-0.39, 0.29) is 6.09 Å². The number of nitrogens with one attached hydrogen (secondary N) is 1. The fraction of sp³-hybridized carbons (Fsp3) is 0.650. The molecule has 0 radical (unpaired) electrons. The number of hydrogen-bond donors (Lipinski definition) is 1. The summed E-state index contributed by atoms with van der Waals surface area (Å²) in [4.78, 5) is 13.8. The van der Waals surface area contributed by atoms with Gasteiger partial charge in [-0.3, -0.25) is 0 Å². The van der Waals surface area contributed by atoms with E-state index in [2.05, 4.69) is 36.5 Å². The molecular weight excluding hydrogens is 300 g/mol. The summed E-state index contributed by atoms with van der Waals surface area (Å²) in [5, 5.41) is 3.59. The number of carbonyl (C=O) groups excluding carboxylic acids is 1. The average molecular weight is 330 g/mol. The lowest BCUT2D eigenvalue weighted by Crippen LogP contribution is -2.57. The summed E-state index contributed by atoms with van der Waals surface area (Å²) in [6.07, 6.45) is 2.51. The van der Waals surface area contributed by atoms with E-state index in [1.165, 1.54) is 24.0 Å². The molecule has 1 aliphatic carbocycles. The molecule has 4 nitrogen and oxygen atoms in total. The predicted molar refractivity (Wildman–Crippen MR) is 96.0 cm³/mol. The molecule has 0 bridgehead atoms. The SMILES string of the molecule is CC(NCc1ccc(C2CC2)cc1)C1CN(C(=O)OC(C)(C)C)C1. The molecule has 1 saturated heterocycles. The van der Waals surface area contributed by atoms with Gasteiger partial charge >= 0.3 is 6.09 Å². The van der Waals surface area contributed by atoms with Gasteiger partial charge in [0, 0.05) is 31.6 Å². The second kappa shape index (κ2) is 6.75. The van der Waals surface area contributed by atoms with E-state index in [1.807, 2.05) is 20.8 Å². The van der Waals surface area contributed by atoms with Crippen molar-refractivity contribution in [2.45, 2.75) is 64.6 Å². The molecule has 24 heavy (non-hydrogen) atoms. The molecule has 1 atom stereocenters. The maximum absolute atomic E-state index is 12.0. The number of rotatable bonds is 5. The molecule has 2 fully saturated rings. The fourth-order valence-electron chi connectivity index (χ4n) is 3.07. The van der Waals surface area contributed by atoms with Crippen LogP contribution in [0.2, 0.25) is 0 Å². The average Bonchev–Trinajstić information content (AvgIpc) is 3.26. The molecule has 1 aromatic carbocycles. The second-order valence-electron chi connectivity index (χ2n) is 8.33. The van der Waals surface area contributed by atoms with Gasteiger partial charge in [-0.25, -0.2) is 4.79 Å². The molecule has 2 aliphatic rings. The Morgan fingerprint density at radius 3 is 2.42 bits per heavy atom. The molecule has 132 valence electrons. The minimum Gasteiger partial charge on any atom is -0.444 e. The van der Waals surface area contributed by atoms with Gasteiger partial charge in [0.15, 0.2) is 0 Å². The van der Waals surface area contributed by atoms with Gasteiger partial charge in [-0.2, -0.15) is 0 Å². The van der Waals surface area contributed by atoms with E-state index in [0.717, 1.165) is 25.6 Å². The zero-order chi connectivity index (χ0) is 17.3. The van der Waals surface area contributed by atoms with Crippen LogP contribution >= 0.6 is 0 Å². The summed E-state index contributed by atoms with van der Waals surface area (Å²) in [5.41, 5.74) is 2.40. The van der Waals surface area contributed by atoms with E-state index >= 15 is 0 Å². The van der Waals surface area contributed by atoms with Crippen LogP contribution < -0.4 is 5.32 Å². The topological polar surface area (TPSA) is 41.6 Å². The van der Waals surface area contributed by atoms with Crippen LogP contribution in [0.5, 0.6) is 0 Å². The summed E-state index contributed by atoms with van der Waals surface area (Å²) in [6, 6.07) is 9.41. The van der Waals surface area contributed by atoms with Gasteiger partial charge in [0.05, 0.1) is 0 Å². The smallest absolute Gasteiger partial charge is 0.410 e. The van der Waals surface area contributed by atoms with Crippen LogP contribution in [0.15, 0.2) is 24.3 Å². The van der Waals surface area contributed by atoms with Gasteiger partial charge in [0.25, 0.3) is 0 Å². The van der Waals surface area contributed by atoms with E-state index in [9.17, 15) is 4.79 Å². The highest BCUT2D eigenvalue weighted by molar-refractivity contribution is 5.69. The van der Waals surface area contributed by atoms with Crippen molar-refractivity contribution in [3.05, 3.63) is 35.4 Å². The van der Waals surface area contributed by atoms with E-state index in [1.54, 1.807) is 4.90 Å². The van der Waals surface area contributed by atoms with E-state index in [4.69, 9.17) is 4.74 Å². The van der Waals surface area contributed by atoms with Crippen molar-refractivity contribution in [1.29, 1.82) is 0 Å². The Morgan fingerprint density at radius 1 is 1.25 bits per heavy atom. The largest absolute Gasteiger partial charge is 0.444 e. The van der Waals surface area contributed by atoms with Crippen molar-refractivity contribution < 1.29 is 9.53 Å². The third kappa shape index (κ3) is 4.50. The summed E-state index contributed by atoms with van der Waals surface area (Å²) in [6.45, 7) is 10.4. The molecule has 3 rings (SSSR count). The summed E-state index contributed by atoms with van der Waals surface area (Å²) in [7, 11) is 0. The van der Waals surface area contributed by atoms with Gasteiger partial charge in [0.2, 0.25) is 0 Å². The normalized spacial score (nSPS) is 19.8. The minimum absolute atomic E-state index is 0.193. The van der Waals surface area contributed by atoms with Crippen molar-refractivity contribution in [2.24, 2.45) is 5.92 Å². The summed E-state index contributed by atoms with van der Waals surface area (Å²) in [5.74, 6) is 1.32. The maximum Gasteiger partial charge on any atom is 0.410 e. The number of amides is 1. The third-order valence-corrected chi connectivity index (χ3v) is 4.93. The first kappa shape index (κ1) is 17.3. The van der Waals surface area contributed by atoms with Crippen molar-refractivity contribution in [1.82, 2.24) is 10.2 Å². The quantitative estimate of drug-likeness (QED) is 0.890. The van der Waals surface area contributed by atoms with Crippen LogP contribution in [0.3, 0.4) is 0 Å². The van der Waals surface area contributed by atoms with Crippen LogP contribution in [0, 0.1) is 5.92 Å². The third-order valence-electron chi connectivity index (χ3n) is 4.93. The zero-order valence-corrected chi connectivity index (χ0v) is 15.3. The number of carbonyl (C=O) groups is 1. The van der Waals surface area contributed by atoms with Gasteiger partial charge in [0.1, 0.15) is 5.60 Å². The Labute approximate surface area is 145 Å². The fourth-order valence-corrected chi connectivity index (χ4v) is 3.07. The van der Waals surface area contributed by atoms with Crippen molar-refractivity contribution in [3.8, 4) is 0 Å². The zero-order valence-electron chi connectivity index (χ0n) is 15.3. The molecule has 1 N–H and O–H groups in total. The maximum atomic E-state index is 12.0. The standard InChI is InChI=1S/C20H30N2O2/c1-14(18-12-22(13-18)19(23)24-20(2,3)4)21-11-15-5-7-16(8-6-15)17-9-10-17/h5-8,14,17-18,21H,9-13H2,1-4H3. The number of nitrogens with zero attached hydrogens (tertiary/aromatic N) is 1. The molecule has 1 unspecified atom stereocenters. The van der Waals surface area contributed by atoms with Crippen molar-refractivity contribution >= 4 is 6.09 Å². The molecule has 1 amide bonds. The van der Waals surface area contributed by atoms with Crippen LogP contribution in [-0.2, 0) is 11.3 Å². The molecular formula is C20H30N2O2. The van der Waals surface area contributed by atoms with Gasteiger partial charge in [-0.05, 0) is 57.6 Å². The van der Waals surface area contributed by atoms with Crippen LogP contribution in [-0.4, -0.2) is 35.7 Å². The number of ether oxygens (including phenoxy) is 1. The molecule has 1 saturated carbocycles. The monoisotopic (exact) mass is 330 g/mol. The molecule has 1 heterocycles. The van der Waals surface area contributed by atoms with Crippen molar-refractivity contribution in [3.63, 3.8) is 0 Å². The minimum atomic E-state index is -0.418. The number of benzene rings is 1. The summed E-state index contributed by atoms with van der Waals surface area (Å²) < 4.78 is 5.40. The van der Waals surface area contributed by atoms with E-state index < -0.39 is 5.60 Å². The van der Waals surface area contributed by atoms with Gasteiger partial charge in [-0.1, -0.05) is 24.3 Å². The Hall–Kier alpha value is -1.55. The molecule has 0 aromatic heterocycles. The van der Waals surface area contributed by atoms with Gasteiger partial charge in [-0.15, -0.1) is 0 Å². The highest BCUT2D eigenvalue weighted by atomic mass is 16.6. The first-order chi connectivity index (χ1) is 11.3. The van der Waals surface area contributed by atoms with Gasteiger partial charge < -0.3 is 15.0 Å². The lowest BCUT2D eigenvalue weighted by molar-refractivity contribution is -0.00579. The number of hydrogen-bond acceptors (Lipinski definition) is 3. The molecule has 1 aromatic rings. The van der Waals surface area contributed by atoms with Crippen molar-refractivity contribution in [2.75, 3.05) is 13.1 Å². The lowest BCUT2D eigenvalue weighted by atomic mass is 9.93. The Kier molecular flexibility index (Phi) is 4.86. The Bertz CT molecular complexity index is 566. The second-order valence-corrected chi connectivity index (χ2v) is 8.33. The Balaban J connectivity index is 1.38. The first-order valence-corrected chi connectivity index (χ1v) is 9.12. The van der Waals surface area contributed by atoms with E-state index in [0.29, 0.717) is 12.0 Å². The summed E-state index contributed by atoms with van der Waals surface area (Å²) >= 11 is 0. The number of likely N-dealkylation sites (tertiary alicyclic amines) is 1. The molecule has 4 heteroatoms. The lowest BCUT2D eigenvalue weighted by Gasteiger charge is -2.42. The van der Waals surface area contributed by atoms with Crippen LogP contribution in [0.25, 0.3) is 0 Å². The van der Waals surface area contributed by atoms with Crippen LogP contribution in [0.1, 0.15) is 57.6 Å². The molecule has 0 spiro atoms. The first-order valence-electron chi connectivity index (χ1n) is 9.12. The highest BCUT2D eigenvalue weighted by Crippen LogP contribution is 2.39. The van der Waals surface area contributed by atoms with Crippen LogP contribution in [0.4, 0.5) is 4.79 Å². The Morgan fingerprint density at radius 2 is 1.88 bits per heavy atom. The molecule has 1 aliphatic heterocycles.